The van der Waals surface area contributed by atoms with Crippen molar-refractivity contribution in [2.24, 2.45) is 5.73 Å². The van der Waals surface area contributed by atoms with Gasteiger partial charge in [-0.05, 0) is 43.3 Å². The number of carbonyl (C=O) groups is 3. The number of ether oxygens (including phenoxy) is 1. The smallest absolute Gasteiger partial charge is 0.306 e. The fourth-order valence-electron chi connectivity index (χ4n) is 2.51. The third-order valence-corrected chi connectivity index (χ3v) is 5.09. The predicted octanol–water partition coefficient (Wildman–Crippen LogP) is 2.90. The molecule has 1 atom stereocenters. The molecule has 3 N–H and O–H groups in total. The molecular weight excluding hydrogens is 378 g/mol. The zero-order valence-electron chi connectivity index (χ0n) is 15.2. The number of para-hydroxylation sites is 1. The van der Waals surface area contributed by atoms with E-state index in [9.17, 15) is 14.4 Å². The zero-order valence-corrected chi connectivity index (χ0v) is 16.0. The van der Waals surface area contributed by atoms with E-state index in [4.69, 9.17) is 10.5 Å². The van der Waals surface area contributed by atoms with Gasteiger partial charge < -0.3 is 15.8 Å². The predicted molar refractivity (Wildman–Crippen MR) is 107 cm³/mol. The van der Waals surface area contributed by atoms with Gasteiger partial charge in [0, 0.05) is 17.7 Å². The second-order valence-corrected chi connectivity index (χ2v) is 7.25. The Labute approximate surface area is 165 Å². The van der Waals surface area contributed by atoms with E-state index in [0.717, 1.165) is 15.2 Å². The van der Waals surface area contributed by atoms with Gasteiger partial charge in [-0.1, -0.05) is 12.1 Å². The van der Waals surface area contributed by atoms with Gasteiger partial charge in [-0.25, -0.2) is 4.98 Å². The van der Waals surface area contributed by atoms with E-state index < -0.39 is 23.9 Å². The van der Waals surface area contributed by atoms with Crippen LogP contribution in [0.2, 0.25) is 0 Å². The summed E-state index contributed by atoms with van der Waals surface area (Å²) in [6, 6.07) is 13.9. The number of amides is 2. The minimum Gasteiger partial charge on any atom is -0.453 e. The van der Waals surface area contributed by atoms with E-state index >= 15 is 0 Å². The first-order valence-corrected chi connectivity index (χ1v) is 9.48. The minimum atomic E-state index is -0.946. The van der Waals surface area contributed by atoms with Crippen molar-refractivity contribution in [2.45, 2.75) is 25.9 Å². The van der Waals surface area contributed by atoms with Crippen LogP contribution in [0.1, 0.15) is 28.7 Å². The van der Waals surface area contributed by atoms with Crippen molar-refractivity contribution in [3.63, 3.8) is 0 Å². The number of anilines is 1. The second kappa shape index (κ2) is 8.62. The molecule has 0 aliphatic rings. The van der Waals surface area contributed by atoms with Crippen LogP contribution in [0.5, 0.6) is 0 Å². The van der Waals surface area contributed by atoms with Crippen LogP contribution in [0.15, 0.2) is 48.5 Å². The molecule has 8 heteroatoms. The maximum atomic E-state index is 12.2. The molecule has 2 amide bonds. The molecule has 0 aliphatic carbocycles. The van der Waals surface area contributed by atoms with Crippen LogP contribution in [0.4, 0.5) is 5.69 Å². The van der Waals surface area contributed by atoms with Gasteiger partial charge in [-0.3, -0.25) is 14.4 Å². The van der Waals surface area contributed by atoms with Crippen molar-refractivity contribution >= 4 is 45.0 Å². The number of carbonyl (C=O) groups excluding carboxylic acids is 3. The maximum absolute atomic E-state index is 12.2. The number of rotatable bonds is 7. The lowest BCUT2D eigenvalue weighted by atomic mass is 10.2. The van der Waals surface area contributed by atoms with Gasteiger partial charge in [-0.15, -0.1) is 11.3 Å². The number of primary amides is 1. The van der Waals surface area contributed by atoms with Crippen molar-refractivity contribution < 1.29 is 19.1 Å². The normalized spacial score (nSPS) is 11.8. The molecule has 0 unspecified atom stereocenters. The van der Waals surface area contributed by atoms with Gasteiger partial charge in [0.2, 0.25) is 5.91 Å². The third-order valence-electron chi connectivity index (χ3n) is 4.00. The molecule has 1 aromatic heterocycles. The molecule has 28 heavy (non-hydrogen) atoms. The van der Waals surface area contributed by atoms with Crippen LogP contribution in [-0.2, 0) is 20.7 Å². The Balaban J connectivity index is 1.48. The number of thiazole rings is 1. The average molecular weight is 397 g/mol. The Morgan fingerprint density at radius 2 is 1.86 bits per heavy atom. The van der Waals surface area contributed by atoms with Crippen LogP contribution in [0.3, 0.4) is 0 Å². The van der Waals surface area contributed by atoms with Gasteiger partial charge in [0.1, 0.15) is 0 Å². The van der Waals surface area contributed by atoms with Crippen LogP contribution in [-0.4, -0.2) is 28.9 Å². The first-order valence-electron chi connectivity index (χ1n) is 8.67. The Bertz CT molecular complexity index is 981. The average Bonchev–Trinajstić information content (AvgIpc) is 3.09. The summed E-state index contributed by atoms with van der Waals surface area (Å²) in [5.41, 5.74) is 6.90. The van der Waals surface area contributed by atoms with E-state index in [1.165, 1.54) is 30.4 Å². The van der Waals surface area contributed by atoms with Gasteiger partial charge in [-0.2, -0.15) is 0 Å². The summed E-state index contributed by atoms with van der Waals surface area (Å²) in [5, 5.41) is 3.48. The molecule has 2 aromatic carbocycles. The summed E-state index contributed by atoms with van der Waals surface area (Å²) in [6.07, 6.45) is -0.343. The molecule has 0 saturated heterocycles. The van der Waals surface area contributed by atoms with Crippen molar-refractivity contribution in [3.8, 4) is 0 Å². The standard InChI is InChI=1S/C20H19N3O4S/c1-12(20(26)22-14-8-6-13(7-9-14)19(21)25)27-18(24)11-10-17-23-15-4-2-3-5-16(15)28-17/h2-9,12H,10-11H2,1H3,(H2,21,25)(H,22,26)/t12-/m1/s1. The summed E-state index contributed by atoms with van der Waals surface area (Å²) in [4.78, 5) is 39.7. The zero-order chi connectivity index (χ0) is 20.1. The number of nitrogens with two attached hydrogens (primary N) is 1. The number of esters is 1. The van der Waals surface area contributed by atoms with Crippen LogP contribution < -0.4 is 11.1 Å². The van der Waals surface area contributed by atoms with Crippen LogP contribution >= 0.6 is 11.3 Å². The number of aryl methyl sites for hydroxylation is 1. The Morgan fingerprint density at radius 3 is 2.54 bits per heavy atom. The van der Waals surface area contributed by atoms with E-state index in [0.29, 0.717) is 17.7 Å². The third kappa shape index (κ3) is 4.92. The van der Waals surface area contributed by atoms with E-state index in [-0.39, 0.29) is 6.42 Å². The molecule has 0 radical (unpaired) electrons. The SMILES string of the molecule is C[C@@H](OC(=O)CCc1nc2ccccc2s1)C(=O)Nc1ccc(C(N)=O)cc1. The van der Waals surface area contributed by atoms with E-state index in [2.05, 4.69) is 10.3 Å². The van der Waals surface area contributed by atoms with Gasteiger partial charge >= 0.3 is 5.97 Å². The van der Waals surface area contributed by atoms with Crippen molar-refractivity contribution in [1.29, 1.82) is 0 Å². The fourth-order valence-corrected chi connectivity index (χ4v) is 3.47. The molecule has 144 valence electrons. The highest BCUT2D eigenvalue weighted by molar-refractivity contribution is 7.18. The second-order valence-electron chi connectivity index (χ2n) is 6.14. The van der Waals surface area contributed by atoms with Crippen molar-refractivity contribution in [1.82, 2.24) is 4.98 Å². The highest BCUT2D eigenvalue weighted by Crippen LogP contribution is 2.22. The lowest BCUT2D eigenvalue weighted by Crippen LogP contribution is -2.30. The highest BCUT2D eigenvalue weighted by atomic mass is 32.1. The van der Waals surface area contributed by atoms with Crippen LogP contribution in [0, 0.1) is 0 Å². The fraction of sp³-hybridized carbons (Fsp3) is 0.200. The molecule has 0 fully saturated rings. The van der Waals surface area contributed by atoms with Crippen molar-refractivity contribution in [2.75, 3.05) is 5.32 Å². The first kappa shape index (κ1) is 19.5. The Hall–Kier alpha value is -3.26. The molecule has 3 aromatic rings. The Kier molecular flexibility index (Phi) is 6.00. The summed E-state index contributed by atoms with van der Waals surface area (Å²) < 4.78 is 6.26. The number of nitrogens with one attached hydrogen (secondary N) is 1. The lowest BCUT2D eigenvalue weighted by Gasteiger charge is -2.13. The topological polar surface area (TPSA) is 111 Å². The van der Waals surface area contributed by atoms with E-state index in [1.807, 2.05) is 24.3 Å². The molecular formula is C20H19N3O4S. The quantitative estimate of drug-likeness (QED) is 0.596. The Morgan fingerprint density at radius 1 is 1.14 bits per heavy atom. The molecule has 0 aliphatic heterocycles. The number of aromatic nitrogens is 1. The molecule has 3 rings (SSSR count). The molecule has 0 saturated carbocycles. The largest absolute Gasteiger partial charge is 0.453 e. The summed E-state index contributed by atoms with van der Waals surface area (Å²) in [5.74, 6) is -1.47. The number of hydrogen-bond acceptors (Lipinski definition) is 6. The van der Waals surface area contributed by atoms with Gasteiger partial charge in [0.15, 0.2) is 6.10 Å². The number of nitrogens with zero attached hydrogens (tertiary/aromatic N) is 1. The molecule has 0 bridgehead atoms. The summed E-state index contributed by atoms with van der Waals surface area (Å²) >= 11 is 1.54. The van der Waals surface area contributed by atoms with E-state index in [1.54, 1.807) is 12.1 Å². The summed E-state index contributed by atoms with van der Waals surface area (Å²) in [6.45, 7) is 1.50. The lowest BCUT2D eigenvalue weighted by molar-refractivity contribution is -0.153. The first-order chi connectivity index (χ1) is 13.4. The maximum Gasteiger partial charge on any atom is 0.306 e. The van der Waals surface area contributed by atoms with Crippen LogP contribution in [0.25, 0.3) is 10.2 Å². The molecule has 7 nitrogen and oxygen atoms in total. The minimum absolute atomic E-state index is 0.144. The number of hydrogen-bond donors (Lipinski definition) is 2. The number of fused-ring (bicyclic) bond motifs is 1. The molecule has 1 heterocycles. The van der Waals surface area contributed by atoms with Crippen molar-refractivity contribution in [3.05, 3.63) is 59.1 Å². The van der Waals surface area contributed by atoms with Gasteiger partial charge in [0.05, 0.1) is 21.6 Å². The summed E-state index contributed by atoms with van der Waals surface area (Å²) in [7, 11) is 0. The number of benzene rings is 2. The highest BCUT2D eigenvalue weighted by Gasteiger charge is 2.18. The molecule has 0 spiro atoms. The van der Waals surface area contributed by atoms with Gasteiger partial charge in [0.25, 0.3) is 5.91 Å². The monoisotopic (exact) mass is 397 g/mol.